The molecule has 2 aliphatic heterocycles. The van der Waals surface area contributed by atoms with Crippen LogP contribution in [0.4, 0.5) is 11.4 Å². The van der Waals surface area contributed by atoms with E-state index in [1.165, 1.54) is 4.57 Å². The van der Waals surface area contributed by atoms with Gasteiger partial charge in [0.25, 0.3) is 17.4 Å². The van der Waals surface area contributed by atoms with Crippen LogP contribution < -0.4 is 29.8 Å². The van der Waals surface area contributed by atoms with E-state index in [1.54, 1.807) is 50.2 Å². The zero-order valence-electron chi connectivity index (χ0n) is 21.8. The number of carbonyl (C=O) groups excluding carboxylic acids is 2. The van der Waals surface area contributed by atoms with Crippen LogP contribution in [0.15, 0.2) is 98.3 Å². The van der Waals surface area contributed by atoms with Crippen molar-refractivity contribution in [3.63, 3.8) is 0 Å². The number of aromatic nitrogens is 1. The van der Waals surface area contributed by atoms with Gasteiger partial charge in [0.1, 0.15) is 10.3 Å². The van der Waals surface area contributed by atoms with E-state index >= 15 is 0 Å². The van der Waals surface area contributed by atoms with E-state index in [0.717, 1.165) is 21.5 Å². The van der Waals surface area contributed by atoms with Crippen molar-refractivity contribution in [1.82, 2.24) is 4.57 Å². The number of methoxy groups -OCH3 is 1. The maximum atomic E-state index is 14.2. The molecule has 4 aromatic rings. The average molecular weight is 616 g/mol. The van der Waals surface area contributed by atoms with E-state index in [9.17, 15) is 14.4 Å². The molecule has 0 aliphatic carbocycles. The standard InChI is InChI=1S/C30H23BrN4O4S/c1-16-23(27(36)33-19-9-5-4-6-10-19)25(17-8-7-11-20(14-17)39-3)35-29(38)26(40-30(35)32-16)24-21-15-18(31)12-13-22(21)34(2)28(24)37/h4-15,25H,1-3H3,(H,33,36)/b26-24-/t25-/m1/s1. The van der Waals surface area contributed by atoms with E-state index < -0.39 is 11.6 Å². The third-order valence-corrected chi connectivity index (χ3v) is 8.56. The maximum Gasteiger partial charge on any atom is 0.271 e. The number of allylic oxidation sites excluding steroid dienone is 1. The number of nitrogens with one attached hydrogen (secondary N) is 1. The quantitative estimate of drug-likeness (QED) is 0.376. The van der Waals surface area contributed by atoms with Gasteiger partial charge >= 0.3 is 0 Å². The maximum absolute atomic E-state index is 14.2. The number of amides is 2. The molecule has 2 amide bonds. The van der Waals surface area contributed by atoms with E-state index in [-0.39, 0.29) is 16.3 Å². The first-order valence-electron chi connectivity index (χ1n) is 12.4. The van der Waals surface area contributed by atoms with Gasteiger partial charge in [-0.2, -0.15) is 0 Å². The summed E-state index contributed by atoms with van der Waals surface area (Å²) < 4.78 is 8.04. The van der Waals surface area contributed by atoms with E-state index in [2.05, 4.69) is 21.2 Å². The van der Waals surface area contributed by atoms with Crippen LogP contribution in [0.3, 0.4) is 0 Å². The summed E-state index contributed by atoms with van der Waals surface area (Å²) in [4.78, 5) is 48.1. The largest absolute Gasteiger partial charge is 0.497 e. The summed E-state index contributed by atoms with van der Waals surface area (Å²) in [5.74, 6) is -0.0514. The van der Waals surface area contributed by atoms with Crippen molar-refractivity contribution < 1.29 is 14.3 Å². The van der Waals surface area contributed by atoms with Crippen LogP contribution in [0.1, 0.15) is 24.1 Å². The topological polar surface area (TPSA) is 93.0 Å². The molecule has 200 valence electrons. The molecule has 0 spiro atoms. The molecule has 0 saturated heterocycles. The third-order valence-electron chi connectivity index (χ3n) is 7.02. The Morgan fingerprint density at radius 1 is 1.05 bits per heavy atom. The molecule has 0 fully saturated rings. The number of anilines is 2. The van der Waals surface area contributed by atoms with Gasteiger partial charge in [-0.15, -0.1) is 0 Å². The van der Waals surface area contributed by atoms with Gasteiger partial charge in [0.15, 0.2) is 4.80 Å². The average Bonchev–Trinajstić information content (AvgIpc) is 3.39. The SMILES string of the molecule is COc1cccc([C@@H]2C(C(=O)Nc3ccccc3)=C(C)N=c3s/c(=C4\C(=O)N(C)c5ccc(Br)cc54)c(=O)n32)c1. The number of ether oxygens (including phenoxy) is 1. The Hall–Kier alpha value is -4.28. The van der Waals surface area contributed by atoms with Crippen LogP contribution >= 0.6 is 27.3 Å². The molecule has 1 aromatic heterocycles. The van der Waals surface area contributed by atoms with Crippen molar-refractivity contribution in [3.8, 4) is 5.75 Å². The number of fused-ring (bicyclic) bond motifs is 2. The molecule has 0 unspecified atom stereocenters. The number of likely N-dealkylation sites (N-methyl/N-ethyl adjacent to an activating group) is 1. The normalized spacial score (nSPS) is 17.4. The van der Waals surface area contributed by atoms with Crippen molar-refractivity contribution in [2.24, 2.45) is 4.99 Å². The summed E-state index contributed by atoms with van der Waals surface area (Å²) in [5, 5.41) is 2.94. The Balaban J connectivity index is 1.61. The van der Waals surface area contributed by atoms with Crippen molar-refractivity contribution in [2.75, 3.05) is 24.4 Å². The molecular weight excluding hydrogens is 592 g/mol. The lowest BCUT2D eigenvalue weighted by molar-refractivity contribution is -0.113. The summed E-state index contributed by atoms with van der Waals surface area (Å²) in [7, 11) is 3.25. The molecule has 10 heteroatoms. The number of benzene rings is 3. The first-order chi connectivity index (χ1) is 19.3. The highest BCUT2D eigenvalue weighted by Gasteiger charge is 2.36. The number of thiazole rings is 1. The monoisotopic (exact) mass is 614 g/mol. The lowest BCUT2D eigenvalue weighted by Crippen LogP contribution is -2.41. The Bertz CT molecular complexity index is 1930. The summed E-state index contributed by atoms with van der Waals surface area (Å²) in [6, 6.07) is 21.1. The molecule has 1 atom stereocenters. The Kier molecular flexibility index (Phi) is 6.52. The third kappa shape index (κ3) is 4.20. The zero-order chi connectivity index (χ0) is 28.1. The Morgan fingerprint density at radius 2 is 1.82 bits per heavy atom. The minimum Gasteiger partial charge on any atom is -0.497 e. The van der Waals surface area contributed by atoms with Gasteiger partial charge in [-0.3, -0.25) is 19.0 Å². The molecule has 6 rings (SSSR count). The number of rotatable bonds is 4. The van der Waals surface area contributed by atoms with E-state index in [4.69, 9.17) is 9.73 Å². The second-order valence-electron chi connectivity index (χ2n) is 9.40. The predicted octanol–water partition coefficient (Wildman–Crippen LogP) is 3.99. The Labute approximate surface area is 241 Å². The lowest BCUT2D eigenvalue weighted by atomic mass is 9.95. The number of halogens is 1. The molecule has 3 aromatic carbocycles. The number of carbonyl (C=O) groups is 2. The summed E-state index contributed by atoms with van der Waals surface area (Å²) >= 11 is 4.64. The van der Waals surface area contributed by atoms with Crippen molar-refractivity contribution in [3.05, 3.63) is 119 Å². The van der Waals surface area contributed by atoms with Crippen LogP contribution in [0.5, 0.6) is 5.75 Å². The number of hydrogen-bond donors (Lipinski definition) is 1. The van der Waals surface area contributed by atoms with Gasteiger partial charge in [-0.25, -0.2) is 4.99 Å². The van der Waals surface area contributed by atoms with Gasteiger partial charge in [0.05, 0.1) is 35.7 Å². The van der Waals surface area contributed by atoms with Crippen LogP contribution in [-0.2, 0) is 9.59 Å². The lowest BCUT2D eigenvalue weighted by Gasteiger charge is -2.25. The van der Waals surface area contributed by atoms with Crippen LogP contribution in [0.25, 0.3) is 5.57 Å². The number of para-hydroxylation sites is 1. The van der Waals surface area contributed by atoms with Crippen molar-refractivity contribution in [2.45, 2.75) is 13.0 Å². The molecule has 40 heavy (non-hydrogen) atoms. The second kappa shape index (κ2) is 10.0. The van der Waals surface area contributed by atoms with Gasteiger partial charge in [-0.05, 0) is 55.0 Å². The molecule has 0 radical (unpaired) electrons. The molecule has 0 bridgehead atoms. The van der Waals surface area contributed by atoms with Gasteiger partial charge in [0, 0.05) is 22.8 Å². The fourth-order valence-corrected chi connectivity index (χ4v) is 6.62. The summed E-state index contributed by atoms with van der Waals surface area (Å²) in [5.41, 5.74) is 3.44. The smallest absolute Gasteiger partial charge is 0.271 e. The predicted molar refractivity (Wildman–Crippen MR) is 158 cm³/mol. The van der Waals surface area contributed by atoms with Crippen LogP contribution in [0, 0.1) is 0 Å². The molecule has 3 heterocycles. The van der Waals surface area contributed by atoms with Crippen molar-refractivity contribution in [1.29, 1.82) is 0 Å². The van der Waals surface area contributed by atoms with E-state index in [0.29, 0.717) is 44.2 Å². The van der Waals surface area contributed by atoms with Gasteiger partial charge in [-0.1, -0.05) is 57.6 Å². The highest BCUT2D eigenvalue weighted by molar-refractivity contribution is 9.10. The Morgan fingerprint density at radius 3 is 2.58 bits per heavy atom. The molecule has 0 saturated carbocycles. The van der Waals surface area contributed by atoms with Gasteiger partial charge in [0.2, 0.25) is 0 Å². The molecule has 8 nitrogen and oxygen atoms in total. The first-order valence-corrected chi connectivity index (χ1v) is 14.0. The second-order valence-corrected chi connectivity index (χ2v) is 11.3. The number of nitrogens with zero attached hydrogens (tertiary/aromatic N) is 3. The molecule has 1 N–H and O–H groups in total. The molecular formula is C30H23BrN4O4S. The summed E-state index contributed by atoms with van der Waals surface area (Å²) in [6.45, 7) is 1.76. The first kappa shape index (κ1) is 26.0. The minimum absolute atomic E-state index is 0.269. The van der Waals surface area contributed by atoms with Gasteiger partial charge < -0.3 is 15.0 Å². The van der Waals surface area contributed by atoms with Crippen LogP contribution in [-0.4, -0.2) is 30.5 Å². The highest BCUT2D eigenvalue weighted by atomic mass is 79.9. The fourth-order valence-electron chi connectivity index (χ4n) is 5.12. The van der Waals surface area contributed by atoms with E-state index in [1.807, 2.05) is 48.5 Å². The van der Waals surface area contributed by atoms with Crippen molar-refractivity contribution >= 4 is 56.0 Å². The zero-order valence-corrected chi connectivity index (χ0v) is 24.2. The fraction of sp³-hybridized carbons (Fsp3) is 0.133. The minimum atomic E-state index is -0.791. The number of hydrogen-bond acceptors (Lipinski definition) is 6. The summed E-state index contributed by atoms with van der Waals surface area (Å²) in [6.07, 6.45) is 0. The van der Waals surface area contributed by atoms with Crippen LogP contribution in [0.2, 0.25) is 0 Å². The highest BCUT2D eigenvalue weighted by Crippen LogP contribution is 2.37. The molecule has 2 aliphatic rings.